The Labute approximate surface area is 128 Å². The molecule has 0 radical (unpaired) electrons. The Bertz CT molecular complexity index is 423. The molecule has 0 bridgehead atoms. The molecule has 0 aromatic heterocycles. The van der Waals surface area contributed by atoms with Crippen molar-refractivity contribution in [3.63, 3.8) is 0 Å². The average molecular weight is 294 g/mol. The molecule has 1 aliphatic carbocycles. The lowest BCUT2D eigenvalue weighted by Gasteiger charge is -2.46. The summed E-state index contributed by atoms with van der Waals surface area (Å²) in [7, 11) is 0. The fourth-order valence-corrected chi connectivity index (χ4v) is 3.74. The molecule has 0 spiro atoms. The van der Waals surface area contributed by atoms with Crippen molar-refractivity contribution < 1.29 is 9.59 Å². The van der Waals surface area contributed by atoms with Gasteiger partial charge in [-0.3, -0.25) is 9.59 Å². The maximum Gasteiger partial charge on any atom is 0.245 e. The van der Waals surface area contributed by atoms with Crippen LogP contribution in [0, 0.1) is 10.8 Å². The first-order valence-electron chi connectivity index (χ1n) is 8.23. The van der Waals surface area contributed by atoms with Crippen LogP contribution in [-0.4, -0.2) is 35.3 Å². The molecule has 0 aromatic carbocycles. The summed E-state index contributed by atoms with van der Waals surface area (Å²) in [6, 6.07) is -0.151. The van der Waals surface area contributed by atoms with E-state index < -0.39 is 6.04 Å². The van der Waals surface area contributed by atoms with Gasteiger partial charge in [0.25, 0.3) is 0 Å². The molecule has 2 amide bonds. The Morgan fingerprint density at radius 1 is 1.19 bits per heavy atom. The molecule has 2 fully saturated rings. The highest BCUT2D eigenvalue weighted by Crippen LogP contribution is 2.40. The largest absolute Gasteiger partial charge is 0.344 e. The minimum atomic E-state index is -0.412. The van der Waals surface area contributed by atoms with Crippen molar-refractivity contribution in [1.29, 1.82) is 0 Å². The zero-order chi connectivity index (χ0) is 15.8. The van der Waals surface area contributed by atoms with Gasteiger partial charge < -0.3 is 10.2 Å². The molecule has 1 aliphatic heterocycles. The summed E-state index contributed by atoms with van der Waals surface area (Å²) in [5, 5.41) is 2.93. The maximum atomic E-state index is 13.0. The summed E-state index contributed by atoms with van der Waals surface area (Å²) < 4.78 is 0. The van der Waals surface area contributed by atoms with Crippen LogP contribution in [0.5, 0.6) is 0 Å². The van der Waals surface area contributed by atoms with Crippen LogP contribution in [0.25, 0.3) is 0 Å². The molecule has 1 heterocycles. The van der Waals surface area contributed by atoms with Crippen LogP contribution in [0.1, 0.15) is 66.7 Å². The Morgan fingerprint density at radius 3 is 2.43 bits per heavy atom. The molecule has 1 saturated heterocycles. The lowest BCUT2D eigenvalue weighted by atomic mass is 9.72. The van der Waals surface area contributed by atoms with E-state index in [9.17, 15) is 9.59 Å². The Morgan fingerprint density at radius 2 is 1.86 bits per heavy atom. The predicted octanol–water partition coefficient (Wildman–Crippen LogP) is 2.72. The summed E-state index contributed by atoms with van der Waals surface area (Å²) >= 11 is 0. The van der Waals surface area contributed by atoms with Crippen molar-refractivity contribution in [2.24, 2.45) is 10.8 Å². The molecule has 2 atom stereocenters. The molecule has 2 rings (SSSR count). The van der Waals surface area contributed by atoms with Gasteiger partial charge in [0.1, 0.15) is 6.04 Å². The smallest absolute Gasteiger partial charge is 0.245 e. The average Bonchev–Trinajstić information content (AvgIpc) is 2.49. The summed E-state index contributed by atoms with van der Waals surface area (Å²) in [5.41, 5.74) is -0.113. The quantitative estimate of drug-likeness (QED) is 0.808. The molecule has 21 heavy (non-hydrogen) atoms. The predicted molar refractivity (Wildman–Crippen MR) is 83.8 cm³/mol. The van der Waals surface area contributed by atoms with Gasteiger partial charge in [0.2, 0.25) is 11.8 Å². The highest BCUT2D eigenvalue weighted by atomic mass is 16.2. The van der Waals surface area contributed by atoms with Crippen molar-refractivity contribution in [3.05, 3.63) is 0 Å². The van der Waals surface area contributed by atoms with E-state index in [1.54, 1.807) is 0 Å². The van der Waals surface area contributed by atoms with E-state index in [-0.39, 0.29) is 28.7 Å². The lowest BCUT2D eigenvalue weighted by molar-refractivity contribution is -0.141. The summed E-state index contributed by atoms with van der Waals surface area (Å²) in [5.74, 6) is 0.104. The van der Waals surface area contributed by atoms with Crippen LogP contribution < -0.4 is 5.32 Å². The van der Waals surface area contributed by atoms with Crippen molar-refractivity contribution in [1.82, 2.24) is 10.2 Å². The number of carbonyl (C=O) groups excluding carboxylic acids is 2. The second kappa shape index (κ2) is 5.62. The van der Waals surface area contributed by atoms with E-state index in [1.165, 1.54) is 12.8 Å². The van der Waals surface area contributed by atoms with Crippen molar-refractivity contribution in [2.45, 2.75) is 78.8 Å². The minimum Gasteiger partial charge on any atom is -0.344 e. The summed E-state index contributed by atoms with van der Waals surface area (Å²) in [4.78, 5) is 27.0. The van der Waals surface area contributed by atoms with Gasteiger partial charge in [-0.25, -0.2) is 0 Å². The van der Waals surface area contributed by atoms with Gasteiger partial charge in [-0.2, -0.15) is 0 Å². The van der Waals surface area contributed by atoms with Gasteiger partial charge in [-0.1, -0.05) is 47.5 Å². The Kier molecular flexibility index (Phi) is 4.36. The maximum absolute atomic E-state index is 13.0. The molecular weight excluding hydrogens is 264 g/mol. The first kappa shape index (κ1) is 16.3. The molecule has 2 aliphatic rings. The Balaban J connectivity index is 2.29. The van der Waals surface area contributed by atoms with Gasteiger partial charge in [0.05, 0.1) is 0 Å². The topological polar surface area (TPSA) is 49.4 Å². The van der Waals surface area contributed by atoms with Crippen LogP contribution in [0.15, 0.2) is 0 Å². The Hall–Kier alpha value is -1.06. The SMILES string of the molecule is CC(C)(C)C1NC(=O)CCN(C2CCCCC2(C)C)C1=O. The van der Waals surface area contributed by atoms with E-state index in [1.807, 2.05) is 25.7 Å². The molecule has 0 aromatic rings. The van der Waals surface area contributed by atoms with Gasteiger partial charge in [-0.15, -0.1) is 0 Å². The highest BCUT2D eigenvalue weighted by molar-refractivity contribution is 5.90. The van der Waals surface area contributed by atoms with Crippen LogP contribution >= 0.6 is 0 Å². The zero-order valence-corrected chi connectivity index (χ0v) is 14.2. The first-order chi connectivity index (χ1) is 9.63. The molecule has 2 unspecified atom stereocenters. The normalized spacial score (nSPS) is 30.8. The fourth-order valence-electron chi connectivity index (χ4n) is 3.74. The van der Waals surface area contributed by atoms with E-state index in [2.05, 4.69) is 19.2 Å². The van der Waals surface area contributed by atoms with Gasteiger partial charge in [-0.05, 0) is 23.7 Å². The molecule has 1 saturated carbocycles. The second-order valence-corrected chi connectivity index (χ2v) is 8.40. The van der Waals surface area contributed by atoms with Gasteiger partial charge >= 0.3 is 0 Å². The standard InChI is InChI=1S/C17H30N2O2/c1-16(2,3)14-15(21)19(11-9-13(20)18-14)12-8-6-7-10-17(12,4)5/h12,14H,6-11H2,1-5H3,(H,18,20). The minimum absolute atomic E-state index is 0.000564. The number of hydrogen-bond acceptors (Lipinski definition) is 2. The third-order valence-corrected chi connectivity index (χ3v) is 5.11. The van der Waals surface area contributed by atoms with E-state index >= 15 is 0 Å². The number of rotatable bonds is 1. The van der Waals surface area contributed by atoms with E-state index in [0.29, 0.717) is 13.0 Å². The highest BCUT2D eigenvalue weighted by Gasteiger charge is 2.44. The van der Waals surface area contributed by atoms with E-state index in [4.69, 9.17) is 0 Å². The number of hydrogen-bond donors (Lipinski definition) is 1. The molecule has 4 heteroatoms. The second-order valence-electron chi connectivity index (χ2n) is 8.40. The van der Waals surface area contributed by atoms with Gasteiger partial charge in [0, 0.05) is 19.0 Å². The monoisotopic (exact) mass is 294 g/mol. The van der Waals surface area contributed by atoms with Gasteiger partial charge in [0.15, 0.2) is 0 Å². The molecule has 4 nitrogen and oxygen atoms in total. The third kappa shape index (κ3) is 3.41. The fraction of sp³-hybridized carbons (Fsp3) is 0.882. The first-order valence-corrected chi connectivity index (χ1v) is 8.23. The van der Waals surface area contributed by atoms with Crippen LogP contribution in [0.3, 0.4) is 0 Å². The van der Waals surface area contributed by atoms with Crippen molar-refractivity contribution in [3.8, 4) is 0 Å². The van der Waals surface area contributed by atoms with Crippen LogP contribution in [-0.2, 0) is 9.59 Å². The van der Waals surface area contributed by atoms with Crippen molar-refractivity contribution in [2.75, 3.05) is 6.54 Å². The third-order valence-electron chi connectivity index (χ3n) is 5.11. The summed E-state index contributed by atoms with van der Waals surface area (Å²) in [6.45, 7) is 11.1. The number of amides is 2. The van der Waals surface area contributed by atoms with Crippen LogP contribution in [0.2, 0.25) is 0 Å². The lowest BCUT2D eigenvalue weighted by Crippen LogP contribution is -2.57. The number of carbonyl (C=O) groups is 2. The molecular formula is C17H30N2O2. The molecule has 1 N–H and O–H groups in total. The number of nitrogens with zero attached hydrogens (tertiary/aromatic N) is 1. The van der Waals surface area contributed by atoms with Crippen molar-refractivity contribution >= 4 is 11.8 Å². The summed E-state index contributed by atoms with van der Waals surface area (Å²) in [6.07, 6.45) is 5.06. The van der Waals surface area contributed by atoms with Crippen LogP contribution in [0.4, 0.5) is 0 Å². The molecule has 120 valence electrons. The number of nitrogens with one attached hydrogen (secondary N) is 1. The van der Waals surface area contributed by atoms with E-state index in [0.717, 1.165) is 12.8 Å². The zero-order valence-electron chi connectivity index (χ0n) is 14.2.